The third kappa shape index (κ3) is 3.97. The van der Waals surface area contributed by atoms with Crippen LogP contribution in [0.3, 0.4) is 0 Å². The third-order valence-corrected chi connectivity index (χ3v) is 4.51. The van der Waals surface area contributed by atoms with Crippen LogP contribution in [0.1, 0.15) is 44.1 Å². The first kappa shape index (κ1) is 14.4. The van der Waals surface area contributed by atoms with Gasteiger partial charge in [0.25, 0.3) is 0 Å². The lowest BCUT2D eigenvalue weighted by Crippen LogP contribution is -2.34. The van der Waals surface area contributed by atoms with Gasteiger partial charge in [0.1, 0.15) is 6.61 Å². The summed E-state index contributed by atoms with van der Waals surface area (Å²) in [7, 11) is 0. The van der Waals surface area contributed by atoms with Crippen molar-refractivity contribution >= 4 is 6.16 Å². The lowest BCUT2D eigenvalue weighted by Gasteiger charge is -2.15. The highest BCUT2D eigenvalue weighted by molar-refractivity contribution is 5.60. The molecule has 4 nitrogen and oxygen atoms in total. The van der Waals surface area contributed by atoms with Crippen LogP contribution in [-0.2, 0) is 16.1 Å². The zero-order valence-corrected chi connectivity index (χ0v) is 12.3. The van der Waals surface area contributed by atoms with E-state index in [1.165, 1.54) is 32.1 Å². The highest BCUT2D eigenvalue weighted by Gasteiger charge is 2.36. The average molecular weight is 289 g/mol. The number of carbonyl (C=O) groups excluding carboxylic acids is 1. The van der Waals surface area contributed by atoms with Gasteiger partial charge in [0, 0.05) is 12.5 Å². The molecule has 1 aromatic carbocycles. The Morgan fingerprint density at radius 1 is 1.14 bits per heavy atom. The fraction of sp³-hybridized carbons (Fsp3) is 0.588. The molecule has 1 N–H and O–H groups in total. The lowest BCUT2D eigenvalue weighted by atomic mass is 9.96. The van der Waals surface area contributed by atoms with Gasteiger partial charge < -0.3 is 9.47 Å². The van der Waals surface area contributed by atoms with Crippen molar-refractivity contribution in [2.24, 2.45) is 5.92 Å². The summed E-state index contributed by atoms with van der Waals surface area (Å²) in [5.41, 5.74) is 0.971. The van der Waals surface area contributed by atoms with E-state index in [2.05, 4.69) is 5.32 Å². The second-order valence-electron chi connectivity index (χ2n) is 6.04. The van der Waals surface area contributed by atoms with Crippen LogP contribution in [0.15, 0.2) is 30.3 Å². The molecule has 3 rings (SSSR count). The first-order chi connectivity index (χ1) is 10.3. The molecule has 0 bridgehead atoms. The van der Waals surface area contributed by atoms with Crippen LogP contribution in [-0.4, -0.2) is 18.4 Å². The Balaban J connectivity index is 1.43. The molecule has 114 valence electrons. The fourth-order valence-electron chi connectivity index (χ4n) is 3.42. The van der Waals surface area contributed by atoms with Crippen molar-refractivity contribution in [2.45, 2.75) is 57.4 Å². The number of benzene rings is 1. The number of hydrogen-bond acceptors (Lipinski definition) is 4. The Kier molecular flexibility index (Phi) is 4.76. The SMILES string of the molecule is O=C(OCc1ccccc1)OC1C[C@H]2CCCCC[C@H]2N1. The standard InChI is InChI=1S/C17H23NO3/c19-17(20-12-13-7-3-1-4-8-13)21-16-11-14-9-5-2-6-10-15(14)18-16/h1,3-4,7-8,14-16,18H,2,5-6,9-12H2/t14-,15-,16?/m1/s1. The predicted molar refractivity (Wildman–Crippen MR) is 79.6 cm³/mol. The minimum Gasteiger partial charge on any atom is -0.429 e. The van der Waals surface area contributed by atoms with Crippen molar-refractivity contribution in [3.8, 4) is 0 Å². The molecule has 3 atom stereocenters. The predicted octanol–water partition coefficient (Wildman–Crippen LogP) is 3.61. The molecular weight excluding hydrogens is 266 g/mol. The van der Waals surface area contributed by atoms with Gasteiger partial charge in [0.2, 0.25) is 0 Å². The fourth-order valence-corrected chi connectivity index (χ4v) is 3.42. The molecule has 1 saturated heterocycles. The topological polar surface area (TPSA) is 47.6 Å². The highest BCUT2D eigenvalue weighted by atomic mass is 16.7. The number of hydrogen-bond donors (Lipinski definition) is 1. The maximum atomic E-state index is 11.8. The Labute approximate surface area is 125 Å². The normalized spacial score (nSPS) is 28.5. The van der Waals surface area contributed by atoms with Gasteiger partial charge in [-0.3, -0.25) is 5.32 Å². The summed E-state index contributed by atoms with van der Waals surface area (Å²) >= 11 is 0. The minimum atomic E-state index is -0.576. The zero-order chi connectivity index (χ0) is 14.5. The van der Waals surface area contributed by atoms with E-state index >= 15 is 0 Å². The number of rotatable bonds is 3. The van der Waals surface area contributed by atoms with E-state index < -0.39 is 6.16 Å². The van der Waals surface area contributed by atoms with Gasteiger partial charge in [-0.2, -0.15) is 0 Å². The Morgan fingerprint density at radius 3 is 2.81 bits per heavy atom. The molecule has 0 aromatic heterocycles. The maximum absolute atomic E-state index is 11.8. The third-order valence-electron chi connectivity index (χ3n) is 4.51. The van der Waals surface area contributed by atoms with Gasteiger partial charge in [-0.1, -0.05) is 49.6 Å². The molecule has 1 heterocycles. The molecule has 0 spiro atoms. The summed E-state index contributed by atoms with van der Waals surface area (Å²) in [6.07, 6.45) is 6.52. The molecule has 1 aromatic rings. The Hall–Kier alpha value is -1.55. The second-order valence-corrected chi connectivity index (χ2v) is 6.04. The van der Waals surface area contributed by atoms with Crippen molar-refractivity contribution < 1.29 is 14.3 Å². The summed E-state index contributed by atoms with van der Waals surface area (Å²) in [6.45, 7) is 0.263. The molecule has 21 heavy (non-hydrogen) atoms. The number of fused-ring (bicyclic) bond motifs is 1. The first-order valence-electron chi connectivity index (χ1n) is 7.94. The van der Waals surface area contributed by atoms with Gasteiger partial charge in [-0.15, -0.1) is 0 Å². The van der Waals surface area contributed by atoms with Gasteiger partial charge in [0.15, 0.2) is 6.23 Å². The van der Waals surface area contributed by atoms with Gasteiger partial charge >= 0.3 is 6.16 Å². The smallest absolute Gasteiger partial charge is 0.429 e. The quantitative estimate of drug-likeness (QED) is 0.864. The Morgan fingerprint density at radius 2 is 1.95 bits per heavy atom. The summed E-state index contributed by atoms with van der Waals surface area (Å²) in [4.78, 5) is 11.8. The van der Waals surface area contributed by atoms with Gasteiger partial charge in [-0.25, -0.2) is 4.79 Å². The van der Waals surface area contributed by atoms with Crippen LogP contribution in [0.25, 0.3) is 0 Å². The molecule has 1 aliphatic heterocycles. The molecule has 1 aliphatic carbocycles. The zero-order valence-electron chi connectivity index (χ0n) is 12.3. The summed E-state index contributed by atoms with van der Waals surface area (Å²) < 4.78 is 10.6. The highest BCUT2D eigenvalue weighted by Crippen LogP contribution is 2.32. The summed E-state index contributed by atoms with van der Waals surface area (Å²) in [5.74, 6) is 0.652. The van der Waals surface area contributed by atoms with E-state index in [0.29, 0.717) is 12.0 Å². The van der Waals surface area contributed by atoms with E-state index in [-0.39, 0.29) is 12.8 Å². The van der Waals surface area contributed by atoms with Crippen molar-refractivity contribution in [3.63, 3.8) is 0 Å². The maximum Gasteiger partial charge on any atom is 0.510 e. The van der Waals surface area contributed by atoms with Crippen molar-refractivity contribution in [2.75, 3.05) is 0 Å². The minimum absolute atomic E-state index is 0.179. The number of nitrogens with one attached hydrogen (secondary N) is 1. The molecule has 4 heteroatoms. The monoisotopic (exact) mass is 289 g/mol. The molecule has 2 fully saturated rings. The average Bonchev–Trinajstić information content (AvgIpc) is 2.75. The van der Waals surface area contributed by atoms with E-state index in [1.54, 1.807) is 0 Å². The van der Waals surface area contributed by atoms with Crippen LogP contribution in [0.5, 0.6) is 0 Å². The Bertz CT molecular complexity index is 448. The van der Waals surface area contributed by atoms with E-state index in [4.69, 9.17) is 9.47 Å². The van der Waals surface area contributed by atoms with Crippen molar-refractivity contribution in [1.29, 1.82) is 0 Å². The molecule has 1 saturated carbocycles. The second kappa shape index (κ2) is 6.94. The van der Waals surface area contributed by atoms with Crippen LogP contribution < -0.4 is 5.32 Å². The molecule has 0 radical (unpaired) electrons. The van der Waals surface area contributed by atoms with E-state index in [9.17, 15) is 4.79 Å². The van der Waals surface area contributed by atoms with Crippen LogP contribution in [0.4, 0.5) is 4.79 Å². The van der Waals surface area contributed by atoms with Crippen LogP contribution in [0, 0.1) is 5.92 Å². The lowest BCUT2D eigenvalue weighted by molar-refractivity contribution is 0.0119. The number of ether oxygens (including phenoxy) is 2. The first-order valence-corrected chi connectivity index (χ1v) is 7.94. The number of carbonyl (C=O) groups is 1. The van der Waals surface area contributed by atoms with E-state index in [0.717, 1.165) is 12.0 Å². The molecule has 2 aliphatic rings. The van der Waals surface area contributed by atoms with Crippen LogP contribution >= 0.6 is 0 Å². The van der Waals surface area contributed by atoms with Gasteiger partial charge in [-0.05, 0) is 24.3 Å². The van der Waals surface area contributed by atoms with Crippen LogP contribution in [0.2, 0.25) is 0 Å². The molecular formula is C17H23NO3. The largest absolute Gasteiger partial charge is 0.510 e. The van der Waals surface area contributed by atoms with Crippen molar-refractivity contribution in [1.82, 2.24) is 5.32 Å². The summed E-state index contributed by atoms with van der Waals surface area (Å²) in [6, 6.07) is 10.2. The molecule has 1 unspecified atom stereocenters. The van der Waals surface area contributed by atoms with E-state index in [1.807, 2.05) is 30.3 Å². The summed E-state index contributed by atoms with van der Waals surface area (Å²) in [5, 5.41) is 3.44. The van der Waals surface area contributed by atoms with Gasteiger partial charge in [0.05, 0.1) is 0 Å². The molecule has 0 amide bonds. The van der Waals surface area contributed by atoms with Crippen molar-refractivity contribution in [3.05, 3.63) is 35.9 Å².